The lowest BCUT2D eigenvalue weighted by Gasteiger charge is -2.39. The van der Waals surface area contributed by atoms with Crippen molar-refractivity contribution in [2.45, 2.75) is 24.4 Å². The molecule has 0 amide bonds. The minimum atomic E-state index is -4.86. The average molecular weight is 546 g/mol. The molecule has 1 N–H and O–H groups in total. The van der Waals surface area contributed by atoms with Crippen LogP contribution in [0.4, 0.5) is 23.4 Å². The molecule has 1 saturated heterocycles. The summed E-state index contributed by atoms with van der Waals surface area (Å²) in [6.07, 6.45) is -4.52. The quantitative estimate of drug-likeness (QED) is 0.311. The first kappa shape index (κ1) is 25.7. The SMILES string of the molecule is O=C(c1c(Cl)cccc1C(F)(F)F)n1nc(N2CCC(C(=O)O)(c3ccccc3)CC2)c2c(F)cccc21. The summed E-state index contributed by atoms with van der Waals surface area (Å²) in [5, 5.41) is 13.9. The molecule has 0 bridgehead atoms. The van der Waals surface area contributed by atoms with E-state index in [1.165, 1.54) is 12.1 Å². The second kappa shape index (κ2) is 9.43. The average Bonchev–Trinajstić information content (AvgIpc) is 3.29. The highest BCUT2D eigenvalue weighted by Crippen LogP contribution is 2.40. The Balaban J connectivity index is 1.58. The Kier molecular flexibility index (Phi) is 6.38. The molecular formula is C27H20ClF4N3O3. The molecule has 6 nitrogen and oxygen atoms in total. The van der Waals surface area contributed by atoms with E-state index < -0.39 is 45.4 Å². The molecule has 0 spiro atoms. The topological polar surface area (TPSA) is 75.4 Å². The largest absolute Gasteiger partial charge is 0.481 e. The van der Waals surface area contributed by atoms with Gasteiger partial charge in [0.15, 0.2) is 5.82 Å². The first-order valence-corrected chi connectivity index (χ1v) is 12.0. The summed E-state index contributed by atoms with van der Waals surface area (Å²) >= 11 is 6.04. The first-order valence-electron chi connectivity index (χ1n) is 11.7. The molecule has 0 atom stereocenters. The van der Waals surface area contributed by atoms with Gasteiger partial charge in [-0.15, -0.1) is 5.10 Å². The number of rotatable bonds is 4. The Labute approximate surface area is 219 Å². The molecular weight excluding hydrogens is 526 g/mol. The molecule has 1 aliphatic heterocycles. The molecule has 1 aromatic heterocycles. The number of carboxylic acid groups (broad SMARTS) is 1. The zero-order valence-corrected chi connectivity index (χ0v) is 20.4. The first-order chi connectivity index (χ1) is 18.0. The minimum absolute atomic E-state index is 0.0313. The number of hydrogen-bond donors (Lipinski definition) is 1. The molecule has 0 unspecified atom stereocenters. The summed E-state index contributed by atoms with van der Waals surface area (Å²) in [4.78, 5) is 27.4. The van der Waals surface area contributed by atoms with Gasteiger partial charge in [-0.05, 0) is 42.7 Å². The molecule has 0 saturated carbocycles. The summed E-state index contributed by atoms with van der Waals surface area (Å²) in [6.45, 7) is 0.325. The van der Waals surface area contributed by atoms with Gasteiger partial charge in [-0.3, -0.25) is 9.59 Å². The van der Waals surface area contributed by atoms with E-state index in [0.29, 0.717) is 5.56 Å². The molecule has 1 aliphatic rings. The predicted molar refractivity (Wildman–Crippen MR) is 133 cm³/mol. The van der Waals surface area contributed by atoms with Crippen LogP contribution in [0.3, 0.4) is 0 Å². The van der Waals surface area contributed by atoms with Crippen molar-refractivity contribution in [1.82, 2.24) is 9.78 Å². The Morgan fingerprint density at radius 1 is 0.947 bits per heavy atom. The van der Waals surface area contributed by atoms with Crippen molar-refractivity contribution in [3.8, 4) is 0 Å². The molecule has 3 aromatic carbocycles. The molecule has 5 rings (SSSR count). The van der Waals surface area contributed by atoms with Crippen LogP contribution >= 0.6 is 11.6 Å². The number of halogens is 5. The van der Waals surface area contributed by atoms with Gasteiger partial charge in [0.05, 0.1) is 32.5 Å². The van der Waals surface area contributed by atoms with Gasteiger partial charge in [-0.2, -0.15) is 17.9 Å². The molecule has 11 heteroatoms. The Morgan fingerprint density at radius 2 is 1.61 bits per heavy atom. The van der Waals surface area contributed by atoms with E-state index in [9.17, 15) is 27.9 Å². The van der Waals surface area contributed by atoms with E-state index in [1.54, 1.807) is 35.2 Å². The van der Waals surface area contributed by atoms with E-state index in [0.717, 1.165) is 28.9 Å². The number of alkyl halides is 3. The normalized spacial score (nSPS) is 15.6. The Bertz CT molecular complexity index is 1540. The van der Waals surface area contributed by atoms with Crippen molar-refractivity contribution in [2.24, 2.45) is 0 Å². The number of piperidine rings is 1. The molecule has 2 heterocycles. The van der Waals surface area contributed by atoms with E-state index >= 15 is 4.39 Å². The molecule has 4 aromatic rings. The number of anilines is 1. The highest BCUT2D eigenvalue weighted by molar-refractivity contribution is 6.34. The molecule has 38 heavy (non-hydrogen) atoms. The maximum atomic E-state index is 15.1. The van der Waals surface area contributed by atoms with Crippen LogP contribution in [0, 0.1) is 5.82 Å². The third-order valence-electron chi connectivity index (χ3n) is 7.02. The number of nitrogens with zero attached hydrogens (tertiary/aromatic N) is 3. The van der Waals surface area contributed by atoms with Crippen LogP contribution in [0.5, 0.6) is 0 Å². The summed E-state index contributed by atoms with van der Waals surface area (Å²) in [6, 6.07) is 15.6. The second-order valence-corrected chi connectivity index (χ2v) is 9.48. The summed E-state index contributed by atoms with van der Waals surface area (Å²) in [7, 11) is 0. The van der Waals surface area contributed by atoms with Crippen LogP contribution in [-0.2, 0) is 16.4 Å². The van der Waals surface area contributed by atoms with Crippen molar-refractivity contribution < 1.29 is 32.3 Å². The van der Waals surface area contributed by atoms with Gasteiger partial charge in [0.25, 0.3) is 5.91 Å². The number of carboxylic acids is 1. The van der Waals surface area contributed by atoms with Gasteiger partial charge in [0.2, 0.25) is 0 Å². The lowest BCUT2D eigenvalue weighted by Crippen LogP contribution is -2.47. The smallest absolute Gasteiger partial charge is 0.417 e. The van der Waals surface area contributed by atoms with Gasteiger partial charge in [0.1, 0.15) is 5.82 Å². The van der Waals surface area contributed by atoms with Crippen molar-refractivity contribution in [1.29, 1.82) is 0 Å². The number of carbonyl (C=O) groups excluding carboxylic acids is 1. The monoisotopic (exact) mass is 545 g/mol. The zero-order chi connectivity index (χ0) is 27.2. The van der Waals surface area contributed by atoms with Crippen molar-refractivity contribution in [3.05, 3.63) is 94.3 Å². The van der Waals surface area contributed by atoms with Gasteiger partial charge in [0, 0.05) is 13.1 Å². The fourth-order valence-electron chi connectivity index (χ4n) is 5.05. The number of aromatic nitrogens is 2. The number of hydrogen-bond acceptors (Lipinski definition) is 4. The van der Waals surface area contributed by atoms with E-state index in [1.807, 2.05) is 0 Å². The molecule has 0 aliphatic carbocycles. The maximum Gasteiger partial charge on any atom is 0.417 e. The van der Waals surface area contributed by atoms with E-state index in [2.05, 4.69) is 5.10 Å². The Morgan fingerprint density at radius 3 is 2.24 bits per heavy atom. The lowest BCUT2D eigenvalue weighted by molar-refractivity contribution is -0.144. The number of carbonyl (C=O) groups is 2. The second-order valence-electron chi connectivity index (χ2n) is 9.08. The summed E-state index contributed by atoms with van der Waals surface area (Å²) < 4.78 is 56.9. The zero-order valence-electron chi connectivity index (χ0n) is 19.7. The number of fused-ring (bicyclic) bond motifs is 1. The third-order valence-corrected chi connectivity index (χ3v) is 7.33. The van der Waals surface area contributed by atoms with Crippen molar-refractivity contribution >= 4 is 40.2 Å². The standard InChI is InChI=1S/C27H20ClF4N3O3/c28-18-9-4-8-17(27(30,31)32)21(18)24(36)35-20-11-5-10-19(29)22(20)23(33-35)34-14-12-26(13-15-34,25(37)38)16-6-2-1-3-7-16/h1-11H,12-15H2,(H,37,38). The highest BCUT2D eigenvalue weighted by atomic mass is 35.5. The van der Waals surface area contributed by atoms with Gasteiger partial charge in [-0.1, -0.05) is 54.1 Å². The van der Waals surface area contributed by atoms with Crippen LogP contribution < -0.4 is 4.90 Å². The van der Waals surface area contributed by atoms with E-state index in [-0.39, 0.29) is 42.7 Å². The Hall–Kier alpha value is -3.92. The predicted octanol–water partition coefficient (Wildman–Crippen LogP) is 6.16. The number of benzene rings is 3. The number of aliphatic carboxylic acids is 1. The van der Waals surface area contributed by atoms with Gasteiger partial charge < -0.3 is 10.0 Å². The van der Waals surface area contributed by atoms with Gasteiger partial charge in [-0.25, -0.2) is 4.39 Å². The summed E-state index contributed by atoms with van der Waals surface area (Å²) in [5.74, 6) is -2.83. The van der Waals surface area contributed by atoms with Crippen molar-refractivity contribution in [2.75, 3.05) is 18.0 Å². The van der Waals surface area contributed by atoms with Crippen LogP contribution in [0.15, 0.2) is 66.7 Å². The molecule has 1 fully saturated rings. The van der Waals surface area contributed by atoms with E-state index in [4.69, 9.17) is 11.6 Å². The van der Waals surface area contributed by atoms with Crippen molar-refractivity contribution in [3.63, 3.8) is 0 Å². The lowest BCUT2D eigenvalue weighted by atomic mass is 9.73. The molecule has 0 radical (unpaired) electrons. The highest BCUT2D eigenvalue weighted by Gasteiger charge is 2.44. The third kappa shape index (κ3) is 4.18. The van der Waals surface area contributed by atoms with Crippen LogP contribution in [0.1, 0.15) is 34.3 Å². The maximum absolute atomic E-state index is 15.1. The fourth-order valence-corrected chi connectivity index (χ4v) is 5.31. The van der Waals surface area contributed by atoms with Crippen LogP contribution in [0.25, 0.3) is 10.9 Å². The van der Waals surface area contributed by atoms with Crippen LogP contribution in [-0.4, -0.2) is 39.9 Å². The van der Waals surface area contributed by atoms with Crippen LogP contribution in [0.2, 0.25) is 5.02 Å². The van der Waals surface area contributed by atoms with Gasteiger partial charge >= 0.3 is 12.1 Å². The molecule has 196 valence electrons. The minimum Gasteiger partial charge on any atom is -0.481 e. The fraction of sp³-hybridized carbons (Fsp3) is 0.222. The summed E-state index contributed by atoms with van der Waals surface area (Å²) in [5.41, 5.74) is -2.58.